The van der Waals surface area contributed by atoms with Crippen molar-refractivity contribution in [3.05, 3.63) is 35.2 Å². The fraction of sp³-hybridized carbons (Fsp3) is 0.500. The molecule has 2 aliphatic carbocycles. The molecule has 0 saturated heterocycles. The first kappa shape index (κ1) is 11.0. The Hall–Kier alpha value is -0.860. The Bertz CT molecular complexity index is 573. The van der Waals surface area contributed by atoms with Gasteiger partial charge in [-0.3, -0.25) is 0 Å². The molecule has 2 fully saturated rings. The highest BCUT2D eigenvalue weighted by Crippen LogP contribution is 2.53. The summed E-state index contributed by atoms with van der Waals surface area (Å²) in [5.74, 6) is 2.19. The first-order chi connectivity index (χ1) is 8.83. The van der Waals surface area contributed by atoms with Crippen molar-refractivity contribution in [2.45, 2.75) is 31.8 Å². The van der Waals surface area contributed by atoms with Crippen LogP contribution in [0.25, 0.3) is 10.1 Å². The van der Waals surface area contributed by atoms with E-state index >= 15 is 0 Å². The number of aliphatic hydroxyl groups is 1. The van der Waals surface area contributed by atoms with E-state index in [4.69, 9.17) is 0 Å². The molecular formula is C16H18OS. The molecule has 1 nitrogen and oxygen atoms in total. The predicted molar refractivity (Wildman–Crippen MR) is 75.7 cm³/mol. The molecule has 0 spiro atoms. The lowest BCUT2D eigenvalue weighted by Gasteiger charge is -2.27. The molecule has 18 heavy (non-hydrogen) atoms. The van der Waals surface area contributed by atoms with Gasteiger partial charge >= 0.3 is 0 Å². The summed E-state index contributed by atoms with van der Waals surface area (Å²) < 4.78 is 1.28. The van der Waals surface area contributed by atoms with E-state index in [1.165, 1.54) is 41.3 Å². The summed E-state index contributed by atoms with van der Waals surface area (Å²) in [5, 5.41) is 14.2. The van der Waals surface area contributed by atoms with Gasteiger partial charge in [0.1, 0.15) is 0 Å². The van der Waals surface area contributed by atoms with Gasteiger partial charge in [0.2, 0.25) is 0 Å². The Morgan fingerprint density at radius 3 is 2.89 bits per heavy atom. The topological polar surface area (TPSA) is 20.2 Å². The first-order valence-corrected chi connectivity index (χ1v) is 7.85. The summed E-state index contributed by atoms with van der Waals surface area (Å²) in [6, 6.07) is 8.50. The molecule has 2 bridgehead atoms. The van der Waals surface area contributed by atoms with E-state index in [-0.39, 0.29) is 6.10 Å². The van der Waals surface area contributed by atoms with Crippen molar-refractivity contribution in [1.82, 2.24) is 0 Å². The Morgan fingerprint density at radius 2 is 2.11 bits per heavy atom. The number of rotatable bonds is 2. The zero-order valence-corrected chi connectivity index (χ0v) is 11.2. The fourth-order valence-corrected chi connectivity index (χ4v) is 5.11. The minimum atomic E-state index is -0.248. The first-order valence-electron chi connectivity index (χ1n) is 6.97. The van der Waals surface area contributed by atoms with Gasteiger partial charge in [-0.15, -0.1) is 11.3 Å². The summed E-state index contributed by atoms with van der Waals surface area (Å²) in [5.41, 5.74) is 1.17. The third-order valence-corrected chi connectivity index (χ3v) is 6.01. The average Bonchev–Trinajstić information content (AvgIpc) is 3.12. The summed E-state index contributed by atoms with van der Waals surface area (Å²) in [4.78, 5) is 0. The van der Waals surface area contributed by atoms with Crippen LogP contribution in [-0.2, 0) is 0 Å². The van der Waals surface area contributed by atoms with E-state index < -0.39 is 0 Å². The van der Waals surface area contributed by atoms with E-state index in [2.05, 4.69) is 29.6 Å². The highest BCUT2D eigenvalue weighted by molar-refractivity contribution is 7.17. The monoisotopic (exact) mass is 258 g/mol. The molecule has 4 atom stereocenters. The molecule has 1 heterocycles. The summed E-state index contributed by atoms with van der Waals surface area (Å²) in [6.45, 7) is 0. The Kier molecular flexibility index (Phi) is 2.49. The van der Waals surface area contributed by atoms with Crippen molar-refractivity contribution in [1.29, 1.82) is 0 Å². The smallest absolute Gasteiger partial charge is 0.0834 e. The molecule has 0 radical (unpaired) electrons. The van der Waals surface area contributed by atoms with Crippen molar-refractivity contribution < 1.29 is 5.11 Å². The van der Waals surface area contributed by atoms with Crippen LogP contribution in [0.4, 0.5) is 0 Å². The molecule has 0 aliphatic heterocycles. The van der Waals surface area contributed by atoms with Crippen LogP contribution in [0, 0.1) is 17.8 Å². The zero-order chi connectivity index (χ0) is 12.1. The fourth-order valence-electron chi connectivity index (χ4n) is 4.16. The Morgan fingerprint density at radius 1 is 1.17 bits per heavy atom. The molecule has 2 aliphatic rings. The maximum Gasteiger partial charge on any atom is 0.0834 e. The largest absolute Gasteiger partial charge is 0.388 e. The molecule has 0 amide bonds. The Labute approximate surface area is 111 Å². The van der Waals surface area contributed by atoms with Gasteiger partial charge in [0.15, 0.2) is 0 Å². The SMILES string of the molecule is OC(c1cccc2ccsc12)C1CC2CCC1C2. The summed E-state index contributed by atoms with van der Waals surface area (Å²) in [7, 11) is 0. The van der Waals surface area contributed by atoms with E-state index in [1.54, 1.807) is 11.3 Å². The van der Waals surface area contributed by atoms with Gasteiger partial charge in [-0.1, -0.05) is 24.6 Å². The summed E-state index contributed by atoms with van der Waals surface area (Å²) >= 11 is 1.76. The van der Waals surface area contributed by atoms with Crippen molar-refractivity contribution in [2.75, 3.05) is 0 Å². The lowest BCUT2D eigenvalue weighted by molar-refractivity contribution is 0.0758. The van der Waals surface area contributed by atoms with Crippen LogP contribution < -0.4 is 0 Å². The lowest BCUT2D eigenvalue weighted by Crippen LogP contribution is -2.19. The second kappa shape index (κ2) is 4.07. The van der Waals surface area contributed by atoms with Crippen molar-refractivity contribution in [3.63, 3.8) is 0 Å². The van der Waals surface area contributed by atoms with E-state index in [1.807, 2.05) is 0 Å². The molecule has 1 aromatic heterocycles. The van der Waals surface area contributed by atoms with Gasteiger partial charge in [0, 0.05) is 4.70 Å². The number of thiophene rings is 1. The Balaban J connectivity index is 1.72. The highest BCUT2D eigenvalue weighted by Gasteiger charge is 2.43. The maximum absolute atomic E-state index is 10.8. The van der Waals surface area contributed by atoms with Crippen LogP contribution in [-0.4, -0.2) is 5.11 Å². The second-order valence-corrected chi connectivity index (χ2v) is 6.89. The summed E-state index contributed by atoms with van der Waals surface area (Å²) in [6.07, 6.45) is 5.10. The van der Waals surface area contributed by atoms with Crippen molar-refractivity contribution >= 4 is 21.4 Å². The third kappa shape index (κ3) is 1.55. The molecule has 1 N–H and O–H groups in total. The van der Waals surface area contributed by atoms with Crippen LogP contribution in [0.5, 0.6) is 0 Å². The average molecular weight is 258 g/mol. The molecule has 94 valence electrons. The van der Waals surface area contributed by atoms with E-state index in [0.717, 1.165) is 11.8 Å². The van der Waals surface area contributed by atoms with Crippen LogP contribution in [0.3, 0.4) is 0 Å². The molecule has 1 aromatic carbocycles. The van der Waals surface area contributed by atoms with Gasteiger partial charge < -0.3 is 5.11 Å². The molecule has 2 heteroatoms. The van der Waals surface area contributed by atoms with Crippen LogP contribution in [0.2, 0.25) is 0 Å². The number of benzene rings is 1. The molecule has 2 saturated carbocycles. The maximum atomic E-state index is 10.8. The van der Waals surface area contributed by atoms with Crippen LogP contribution >= 0.6 is 11.3 Å². The predicted octanol–water partition coefficient (Wildman–Crippen LogP) is 4.37. The van der Waals surface area contributed by atoms with E-state index in [9.17, 15) is 5.11 Å². The van der Waals surface area contributed by atoms with E-state index in [0.29, 0.717) is 5.92 Å². The molecular weight excluding hydrogens is 240 g/mol. The minimum Gasteiger partial charge on any atom is -0.388 e. The number of fused-ring (bicyclic) bond motifs is 3. The normalized spacial score (nSPS) is 32.2. The minimum absolute atomic E-state index is 0.248. The van der Waals surface area contributed by atoms with Crippen molar-refractivity contribution in [3.8, 4) is 0 Å². The van der Waals surface area contributed by atoms with Gasteiger partial charge in [-0.25, -0.2) is 0 Å². The third-order valence-electron chi connectivity index (χ3n) is 5.03. The van der Waals surface area contributed by atoms with Gasteiger partial charge in [-0.2, -0.15) is 0 Å². The van der Waals surface area contributed by atoms with Gasteiger partial charge in [0.25, 0.3) is 0 Å². The standard InChI is InChI=1S/C16H18OS/c17-15(14-9-10-4-5-12(14)8-10)13-3-1-2-11-6-7-18-16(11)13/h1-3,6-7,10,12,14-15,17H,4-5,8-9H2. The quantitative estimate of drug-likeness (QED) is 0.848. The van der Waals surface area contributed by atoms with Crippen LogP contribution in [0.15, 0.2) is 29.6 Å². The number of hydrogen-bond donors (Lipinski definition) is 1. The van der Waals surface area contributed by atoms with Crippen LogP contribution in [0.1, 0.15) is 37.4 Å². The number of hydrogen-bond acceptors (Lipinski definition) is 2. The molecule has 4 rings (SSSR count). The lowest BCUT2D eigenvalue weighted by atomic mass is 9.82. The van der Waals surface area contributed by atoms with Gasteiger partial charge in [0.05, 0.1) is 6.10 Å². The highest BCUT2D eigenvalue weighted by atomic mass is 32.1. The number of aliphatic hydroxyl groups excluding tert-OH is 1. The van der Waals surface area contributed by atoms with Gasteiger partial charge in [-0.05, 0) is 59.4 Å². The second-order valence-electron chi connectivity index (χ2n) is 5.97. The van der Waals surface area contributed by atoms with Crippen molar-refractivity contribution in [2.24, 2.45) is 17.8 Å². The molecule has 2 aromatic rings. The zero-order valence-electron chi connectivity index (χ0n) is 10.4. The molecule has 4 unspecified atom stereocenters.